The van der Waals surface area contributed by atoms with Crippen LogP contribution in [0.3, 0.4) is 0 Å². The lowest BCUT2D eigenvalue weighted by Crippen LogP contribution is -2.35. The van der Waals surface area contributed by atoms with Gasteiger partial charge < -0.3 is 24.1 Å². The summed E-state index contributed by atoms with van der Waals surface area (Å²) in [4.78, 5) is 45.8. The molecule has 12 heteroatoms. The van der Waals surface area contributed by atoms with Crippen molar-refractivity contribution >= 4 is 34.8 Å². The summed E-state index contributed by atoms with van der Waals surface area (Å²) in [6.45, 7) is 6.52. The second-order valence-electron chi connectivity index (χ2n) is 11.7. The molecule has 1 saturated heterocycles. The van der Waals surface area contributed by atoms with Gasteiger partial charge in [0.25, 0.3) is 5.56 Å². The zero-order valence-electron chi connectivity index (χ0n) is 24.3. The van der Waals surface area contributed by atoms with Gasteiger partial charge in [-0.1, -0.05) is 0 Å². The predicted molar refractivity (Wildman–Crippen MR) is 153 cm³/mol. The predicted octanol–water partition coefficient (Wildman–Crippen LogP) is 4.36. The van der Waals surface area contributed by atoms with Crippen molar-refractivity contribution in [1.82, 2.24) is 19.2 Å². The number of aromatic nitrogens is 4. The summed E-state index contributed by atoms with van der Waals surface area (Å²) in [7, 11) is 3.22. The molecule has 1 N–H and O–H groups in total. The van der Waals surface area contributed by atoms with Crippen LogP contribution in [0.5, 0.6) is 0 Å². The highest BCUT2D eigenvalue weighted by molar-refractivity contribution is 6.02. The van der Waals surface area contributed by atoms with E-state index >= 15 is 0 Å². The first-order valence-electron chi connectivity index (χ1n) is 14.0. The van der Waals surface area contributed by atoms with E-state index in [0.29, 0.717) is 36.7 Å². The molecule has 1 amide bonds. The molecule has 1 unspecified atom stereocenters. The van der Waals surface area contributed by atoms with E-state index in [1.807, 2.05) is 0 Å². The number of amides is 1. The van der Waals surface area contributed by atoms with E-state index in [9.17, 15) is 14.4 Å². The van der Waals surface area contributed by atoms with Gasteiger partial charge in [0, 0.05) is 39.4 Å². The second-order valence-corrected chi connectivity index (χ2v) is 11.7. The topological polar surface area (TPSA) is 129 Å². The number of methoxy groups -OCH3 is 1. The average Bonchev–Trinajstić information content (AvgIpc) is 3.35. The molecular formula is C29H38N6O6. The summed E-state index contributed by atoms with van der Waals surface area (Å²) >= 11 is 0. The number of anilines is 3. The zero-order valence-corrected chi connectivity index (χ0v) is 24.3. The summed E-state index contributed by atoms with van der Waals surface area (Å²) < 4.78 is 19.8. The van der Waals surface area contributed by atoms with Gasteiger partial charge in [-0.05, 0) is 64.5 Å². The van der Waals surface area contributed by atoms with Gasteiger partial charge in [-0.3, -0.25) is 14.5 Å². The fourth-order valence-corrected chi connectivity index (χ4v) is 5.27. The molecule has 0 bridgehead atoms. The Hall–Kier alpha value is -3.77. The molecule has 0 aromatic carbocycles. The first-order valence-corrected chi connectivity index (χ1v) is 14.0. The molecule has 1 aliphatic carbocycles. The minimum atomic E-state index is -0.720. The van der Waals surface area contributed by atoms with Crippen molar-refractivity contribution < 1.29 is 23.8 Å². The maximum absolute atomic E-state index is 13.4. The molecule has 2 aliphatic rings. The van der Waals surface area contributed by atoms with Crippen molar-refractivity contribution in [2.75, 3.05) is 37.6 Å². The van der Waals surface area contributed by atoms with Crippen LogP contribution < -0.4 is 15.8 Å². The van der Waals surface area contributed by atoms with E-state index in [4.69, 9.17) is 14.2 Å². The molecule has 3 aromatic rings. The number of carbonyl (C=O) groups excluding carboxylic acids is 2. The fraction of sp³-hybridized carbons (Fsp3) is 0.552. The third-order valence-corrected chi connectivity index (χ3v) is 7.63. The quantitative estimate of drug-likeness (QED) is 0.396. The number of ether oxygens (including phenoxy) is 3. The lowest BCUT2D eigenvalue weighted by Gasteiger charge is -2.34. The SMILES string of the molecule is CO[C@@H]1CCC1CC(=O)c1cnn2c(N(C)C(=O)OC(C)(C)C)cc(Nc3cccn([C@@H]4CCCOC4)c3=O)nc12. The second kappa shape index (κ2) is 11.6. The van der Waals surface area contributed by atoms with Crippen molar-refractivity contribution in [2.24, 2.45) is 5.92 Å². The molecule has 0 spiro atoms. The molecular weight excluding hydrogens is 528 g/mol. The highest BCUT2D eigenvalue weighted by Crippen LogP contribution is 2.34. The van der Waals surface area contributed by atoms with Crippen LogP contribution in [-0.2, 0) is 14.2 Å². The van der Waals surface area contributed by atoms with Gasteiger partial charge in [0.15, 0.2) is 11.4 Å². The minimum absolute atomic E-state index is 0.0520. The summed E-state index contributed by atoms with van der Waals surface area (Å²) in [5, 5.41) is 7.54. The number of ketones is 1. The number of fused-ring (bicyclic) bond motifs is 1. The van der Waals surface area contributed by atoms with Crippen LogP contribution in [0.15, 0.2) is 35.4 Å². The summed E-state index contributed by atoms with van der Waals surface area (Å²) in [6.07, 6.45) is 6.59. The van der Waals surface area contributed by atoms with E-state index in [2.05, 4.69) is 15.4 Å². The molecule has 41 heavy (non-hydrogen) atoms. The molecule has 1 saturated carbocycles. The van der Waals surface area contributed by atoms with E-state index < -0.39 is 11.7 Å². The van der Waals surface area contributed by atoms with Crippen molar-refractivity contribution in [2.45, 2.75) is 70.6 Å². The number of rotatable bonds is 8. The van der Waals surface area contributed by atoms with Gasteiger partial charge in [-0.25, -0.2) is 9.78 Å². The maximum atomic E-state index is 13.4. The normalized spacial score (nSPS) is 20.9. The Morgan fingerprint density at radius 2 is 2.05 bits per heavy atom. The van der Waals surface area contributed by atoms with Crippen molar-refractivity contribution in [1.29, 1.82) is 0 Å². The first kappa shape index (κ1) is 28.7. The minimum Gasteiger partial charge on any atom is -0.443 e. The Morgan fingerprint density at radius 3 is 2.71 bits per heavy atom. The van der Waals surface area contributed by atoms with Gasteiger partial charge in [0.2, 0.25) is 0 Å². The largest absolute Gasteiger partial charge is 0.443 e. The Bertz CT molecular complexity index is 1480. The Balaban J connectivity index is 1.53. The van der Waals surface area contributed by atoms with Crippen LogP contribution in [-0.4, -0.2) is 70.1 Å². The number of hydrogen-bond acceptors (Lipinski definition) is 9. The molecule has 4 heterocycles. The number of nitrogens with zero attached hydrogens (tertiary/aromatic N) is 5. The molecule has 3 aromatic heterocycles. The number of hydrogen-bond donors (Lipinski definition) is 1. The maximum Gasteiger partial charge on any atom is 0.415 e. The van der Waals surface area contributed by atoms with Crippen LogP contribution in [0.25, 0.3) is 5.65 Å². The van der Waals surface area contributed by atoms with Gasteiger partial charge in [0.05, 0.1) is 30.5 Å². The van der Waals surface area contributed by atoms with Gasteiger partial charge in [0.1, 0.15) is 22.9 Å². The number of Topliss-reactive ketones (excluding diaryl/α,β-unsaturated/α-hetero) is 1. The molecule has 5 rings (SSSR count). The van der Waals surface area contributed by atoms with Gasteiger partial charge in [-0.2, -0.15) is 9.61 Å². The molecule has 12 nitrogen and oxygen atoms in total. The van der Waals surface area contributed by atoms with Crippen LogP contribution in [0.2, 0.25) is 0 Å². The van der Waals surface area contributed by atoms with Crippen LogP contribution in [0.1, 0.15) is 69.3 Å². The standard InChI is InChI=1S/C29H38N6O6/c1-29(2,3)41-28(38)33(4)25-15-24(31-21-9-6-12-34(27(21)37)19-8-7-13-40-17-19)32-26-20(16-30-35(25)26)22(36)14-18-10-11-23(18)39-5/h6,9,12,15-16,18-19,23H,7-8,10-11,13-14,17H2,1-5H3,(H,31,32)/t18?,19-,23-/m1/s1. The Kier molecular flexibility index (Phi) is 8.14. The van der Waals surface area contributed by atoms with Crippen molar-refractivity contribution in [3.8, 4) is 0 Å². The molecule has 3 atom stereocenters. The third kappa shape index (κ3) is 6.13. The highest BCUT2D eigenvalue weighted by atomic mass is 16.6. The summed E-state index contributed by atoms with van der Waals surface area (Å²) in [6, 6.07) is 5.02. The monoisotopic (exact) mass is 566 g/mol. The molecule has 2 fully saturated rings. The molecule has 1 aliphatic heterocycles. The van der Waals surface area contributed by atoms with E-state index in [1.54, 1.807) is 63.9 Å². The van der Waals surface area contributed by atoms with E-state index in [-0.39, 0.29) is 40.9 Å². The lowest BCUT2D eigenvalue weighted by atomic mass is 9.78. The average molecular weight is 567 g/mol. The fourth-order valence-electron chi connectivity index (χ4n) is 5.27. The van der Waals surface area contributed by atoms with Gasteiger partial charge >= 0.3 is 6.09 Å². The summed E-state index contributed by atoms with van der Waals surface area (Å²) in [5.41, 5.74) is -0.0185. The van der Waals surface area contributed by atoms with Gasteiger partial charge in [-0.15, -0.1) is 0 Å². The Labute approximate surface area is 238 Å². The highest BCUT2D eigenvalue weighted by Gasteiger charge is 2.34. The molecule has 220 valence electrons. The molecule has 0 radical (unpaired) electrons. The van der Waals surface area contributed by atoms with Crippen molar-refractivity contribution in [3.63, 3.8) is 0 Å². The third-order valence-electron chi connectivity index (χ3n) is 7.63. The van der Waals surface area contributed by atoms with Crippen LogP contribution >= 0.6 is 0 Å². The van der Waals surface area contributed by atoms with Crippen LogP contribution in [0.4, 0.5) is 22.1 Å². The Morgan fingerprint density at radius 1 is 1.24 bits per heavy atom. The first-order chi connectivity index (χ1) is 19.6. The number of pyridine rings is 1. The summed E-state index contributed by atoms with van der Waals surface area (Å²) in [5.74, 6) is 0.632. The lowest BCUT2D eigenvalue weighted by molar-refractivity contribution is -0.0171. The zero-order chi connectivity index (χ0) is 29.3. The number of carbonyl (C=O) groups is 2. The van der Waals surface area contributed by atoms with Crippen molar-refractivity contribution in [3.05, 3.63) is 46.5 Å². The van der Waals surface area contributed by atoms with E-state index in [0.717, 1.165) is 25.7 Å². The van der Waals surface area contributed by atoms with Crippen LogP contribution in [0, 0.1) is 5.92 Å². The number of nitrogens with one attached hydrogen (secondary N) is 1. The van der Waals surface area contributed by atoms with E-state index in [1.165, 1.54) is 15.6 Å². The smallest absolute Gasteiger partial charge is 0.415 e.